The van der Waals surface area contributed by atoms with Crippen LogP contribution in [0.3, 0.4) is 0 Å². The molecular weight excluding hydrogens is 272 g/mol. The highest BCUT2D eigenvalue weighted by Crippen LogP contribution is 2.37. The maximum absolute atomic E-state index is 12.8. The van der Waals surface area contributed by atoms with Gasteiger partial charge in [0.25, 0.3) is 0 Å². The van der Waals surface area contributed by atoms with E-state index in [1.165, 1.54) is 0 Å². The van der Waals surface area contributed by atoms with Crippen LogP contribution in [0, 0.1) is 0 Å². The predicted octanol–water partition coefficient (Wildman–Crippen LogP) is 3.87. The second-order valence-electron chi connectivity index (χ2n) is 4.26. The zero-order valence-corrected chi connectivity index (χ0v) is 10.3. The first-order valence-corrected chi connectivity index (χ1v) is 5.50. The fraction of sp³-hybridized carbons (Fsp3) is 0.500. The van der Waals surface area contributed by atoms with Crippen LogP contribution in [0.1, 0.15) is 23.6 Å². The first-order valence-electron chi connectivity index (χ1n) is 5.50. The molecule has 1 aromatic rings. The van der Waals surface area contributed by atoms with Gasteiger partial charge >= 0.3 is 12.4 Å². The fourth-order valence-corrected chi connectivity index (χ4v) is 1.63. The van der Waals surface area contributed by atoms with Crippen molar-refractivity contribution in [2.24, 2.45) is 0 Å². The van der Waals surface area contributed by atoms with Gasteiger partial charge in [0, 0.05) is 6.04 Å². The molecule has 1 aromatic carbocycles. The first kappa shape index (κ1) is 15.8. The SMILES string of the molecule is CNC(C)Cc1ccc(C(F)(F)F)cc1C(F)(F)F. The Hall–Kier alpha value is -1.24. The molecule has 0 saturated carbocycles. The minimum atomic E-state index is -4.80. The standard InChI is InChI=1S/C12H13F6N/c1-7(19-2)5-8-3-4-9(11(13,14)15)6-10(8)12(16,17)18/h3-4,6-7,19H,5H2,1-2H3. The minimum absolute atomic E-state index is 0.00345. The number of likely N-dealkylation sites (N-methyl/N-ethyl adjacent to an activating group) is 1. The van der Waals surface area contributed by atoms with Crippen molar-refractivity contribution in [2.75, 3.05) is 7.05 Å². The van der Waals surface area contributed by atoms with Crippen molar-refractivity contribution < 1.29 is 26.3 Å². The Kier molecular flexibility index (Phi) is 4.50. The second-order valence-corrected chi connectivity index (χ2v) is 4.26. The third kappa shape index (κ3) is 4.12. The normalized spacial score (nSPS) is 14.5. The van der Waals surface area contributed by atoms with Crippen molar-refractivity contribution in [3.05, 3.63) is 34.9 Å². The Morgan fingerprint density at radius 3 is 2.05 bits per heavy atom. The van der Waals surface area contributed by atoms with E-state index in [4.69, 9.17) is 0 Å². The second kappa shape index (κ2) is 5.40. The molecule has 108 valence electrons. The predicted molar refractivity (Wildman–Crippen MR) is 58.7 cm³/mol. The zero-order valence-electron chi connectivity index (χ0n) is 10.3. The van der Waals surface area contributed by atoms with E-state index in [1.807, 2.05) is 0 Å². The average molecular weight is 285 g/mol. The third-order valence-corrected chi connectivity index (χ3v) is 2.76. The van der Waals surface area contributed by atoms with Crippen LogP contribution in [0.4, 0.5) is 26.3 Å². The molecule has 0 radical (unpaired) electrons. The molecule has 0 aromatic heterocycles. The van der Waals surface area contributed by atoms with Crippen molar-refractivity contribution in [1.29, 1.82) is 0 Å². The van der Waals surface area contributed by atoms with E-state index in [0.717, 1.165) is 6.07 Å². The molecule has 0 saturated heterocycles. The summed E-state index contributed by atoms with van der Waals surface area (Å²) in [5, 5.41) is 2.75. The maximum Gasteiger partial charge on any atom is 0.416 e. The quantitative estimate of drug-likeness (QED) is 0.831. The lowest BCUT2D eigenvalue weighted by molar-refractivity contribution is -0.143. The summed E-state index contributed by atoms with van der Waals surface area (Å²) in [6.45, 7) is 1.65. The zero-order chi connectivity index (χ0) is 14.8. The van der Waals surface area contributed by atoms with Crippen LogP contribution < -0.4 is 5.32 Å². The topological polar surface area (TPSA) is 12.0 Å². The van der Waals surface area contributed by atoms with Crippen molar-refractivity contribution in [2.45, 2.75) is 31.7 Å². The fourth-order valence-electron chi connectivity index (χ4n) is 1.63. The molecule has 1 atom stereocenters. The van der Waals surface area contributed by atoms with E-state index in [2.05, 4.69) is 5.32 Å². The Morgan fingerprint density at radius 1 is 1.05 bits per heavy atom. The molecule has 0 fully saturated rings. The molecule has 0 aliphatic carbocycles. The van der Waals surface area contributed by atoms with Gasteiger partial charge in [0.15, 0.2) is 0 Å². The summed E-state index contributed by atoms with van der Waals surface area (Å²) < 4.78 is 75.7. The van der Waals surface area contributed by atoms with Gasteiger partial charge < -0.3 is 5.32 Å². The van der Waals surface area contributed by atoms with Crippen LogP contribution in [0.2, 0.25) is 0 Å². The van der Waals surface area contributed by atoms with E-state index >= 15 is 0 Å². The molecular formula is C12H13F6N. The monoisotopic (exact) mass is 285 g/mol. The molecule has 0 aliphatic heterocycles. The van der Waals surface area contributed by atoms with Gasteiger partial charge in [0.2, 0.25) is 0 Å². The smallest absolute Gasteiger partial charge is 0.317 e. The molecule has 19 heavy (non-hydrogen) atoms. The highest BCUT2D eigenvalue weighted by Gasteiger charge is 2.38. The van der Waals surface area contributed by atoms with E-state index in [-0.39, 0.29) is 24.1 Å². The van der Waals surface area contributed by atoms with Crippen LogP contribution in [-0.4, -0.2) is 13.1 Å². The Morgan fingerprint density at radius 2 is 1.63 bits per heavy atom. The number of hydrogen-bond donors (Lipinski definition) is 1. The Labute approximate surface area is 106 Å². The number of rotatable bonds is 3. The summed E-state index contributed by atoms with van der Waals surface area (Å²) in [6, 6.07) is 1.46. The molecule has 7 heteroatoms. The number of nitrogens with one attached hydrogen (secondary N) is 1. The van der Waals surface area contributed by atoms with Gasteiger partial charge in [0.1, 0.15) is 0 Å². The summed E-state index contributed by atoms with van der Waals surface area (Å²) in [5.74, 6) is 0. The number of benzene rings is 1. The summed E-state index contributed by atoms with van der Waals surface area (Å²) >= 11 is 0. The van der Waals surface area contributed by atoms with Gasteiger partial charge in [-0.15, -0.1) is 0 Å². The molecule has 1 rings (SSSR count). The Bertz CT molecular complexity index is 435. The van der Waals surface area contributed by atoms with Gasteiger partial charge in [-0.25, -0.2) is 0 Å². The van der Waals surface area contributed by atoms with E-state index in [1.54, 1.807) is 14.0 Å². The van der Waals surface area contributed by atoms with Crippen molar-refractivity contribution >= 4 is 0 Å². The van der Waals surface area contributed by atoms with Gasteiger partial charge in [-0.1, -0.05) is 6.07 Å². The molecule has 1 N–H and O–H groups in total. The lowest BCUT2D eigenvalue weighted by Gasteiger charge is -2.18. The number of alkyl halides is 6. The highest BCUT2D eigenvalue weighted by molar-refractivity contribution is 5.36. The average Bonchev–Trinajstić information content (AvgIpc) is 2.26. The van der Waals surface area contributed by atoms with Crippen LogP contribution in [0.25, 0.3) is 0 Å². The molecule has 0 amide bonds. The van der Waals surface area contributed by atoms with Crippen LogP contribution in [-0.2, 0) is 18.8 Å². The maximum atomic E-state index is 12.8. The number of hydrogen-bond acceptors (Lipinski definition) is 1. The lowest BCUT2D eigenvalue weighted by Crippen LogP contribution is -2.25. The molecule has 0 heterocycles. The summed E-state index contributed by atoms with van der Waals surface area (Å²) in [7, 11) is 1.57. The summed E-state index contributed by atoms with van der Waals surface area (Å²) in [6.07, 6.45) is -9.58. The molecule has 0 bridgehead atoms. The van der Waals surface area contributed by atoms with Crippen molar-refractivity contribution in [3.63, 3.8) is 0 Å². The first-order chi connectivity index (χ1) is 8.55. The van der Waals surface area contributed by atoms with Crippen LogP contribution >= 0.6 is 0 Å². The minimum Gasteiger partial charge on any atom is -0.317 e. The lowest BCUT2D eigenvalue weighted by atomic mass is 9.98. The molecule has 1 unspecified atom stereocenters. The van der Waals surface area contributed by atoms with E-state index in [9.17, 15) is 26.3 Å². The Balaban J connectivity index is 3.26. The van der Waals surface area contributed by atoms with Crippen LogP contribution in [0.15, 0.2) is 18.2 Å². The largest absolute Gasteiger partial charge is 0.416 e. The molecule has 0 spiro atoms. The van der Waals surface area contributed by atoms with E-state index in [0.29, 0.717) is 6.07 Å². The van der Waals surface area contributed by atoms with Gasteiger partial charge in [-0.2, -0.15) is 26.3 Å². The van der Waals surface area contributed by atoms with Gasteiger partial charge in [-0.05, 0) is 38.1 Å². The van der Waals surface area contributed by atoms with Crippen molar-refractivity contribution in [3.8, 4) is 0 Å². The molecule has 1 nitrogen and oxygen atoms in total. The highest BCUT2D eigenvalue weighted by atomic mass is 19.4. The van der Waals surface area contributed by atoms with Crippen LogP contribution in [0.5, 0.6) is 0 Å². The molecule has 0 aliphatic rings. The van der Waals surface area contributed by atoms with Crippen molar-refractivity contribution in [1.82, 2.24) is 5.32 Å². The van der Waals surface area contributed by atoms with E-state index < -0.39 is 23.5 Å². The summed E-state index contributed by atoms with van der Waals surface area (Å²) in [4.78, 5) is 0. The van der Waals surface area contributed by atoms with Gasteiger partial charge in [-0.3, -0.25) is 0 Å². The number of halogens is 6. The third-order valence-electron chi connectivity index (χ3n) is 2.76. The summed E-state index contributed by atoms with van der Waals surface area (Å²) in [5.41, 5.74) is -2.67. The van der Waals surface area contributed by atoms with Gasteiger partial charge in [0.05, 0.1) is 11.1 Å².